The molecule has 1 unspecified atom stereocenters. The molecule has 2 amide bonds. The van der Waals surface area contributed by atoms with Crippen LogP contribution in [0.3, 0.4) is 0 Å². The topological polar surface area (TPSA) is 110 Å². The summed E-state index contributed by atoms with van der Waals surface area (Å²) in [4.78, 5) is 32.2. The number of fused-ring (bicyclic) bond motifs is 1. The molecule has 0 aliphatic rings. The van der Waals surface area contributed by atoms with Crippen molar-refractivity contribution in [3.8, 4) is 11.3 Å². The lowest BCUT2D eigenvalue weighted by Gasteiger charge is -2.15. The molecule has 0 aliphatic heterocycles. The fourth-order valence-electron chi connectivity index (χ4n) is 4.06. The van der Waals surface area contributed by atoms with E-state index in [2.05, 4.69) is 15.6 Å². The number of thiophene rings is 1. The van der Waals surface area contributed by atoms with Gasteiger partial charge in [-0.1, -0.05) is 24.6 Å². The number of amides is 2. The molecule has 4 aromatic rings. The summed E-state index contributed by atoms with van der Waals surface area (Å²) in [5, 5.41) is 6.54. The Bertz CT molecular complexity index is 1450. The van der Waals surface area contributed by atoms with Gasteiger partial charge in [0.15, 0.2) is 0 Å². The molecule has 0 radical (unpaired) electrons. The zero-order valence-electron chi connectivity index (χ0n) is 20.8. The fraction of sp³-hybridized carbons (Fsp3) is 0.296. The molecule has 7 nitrogen and oxygen atoms in total. The summed E-state index contributed by atoms with van der Waals surface area (Å²) in [6, 6.07) is 9.51. The lowest BCUT2D eigenvalue weighted by atomic mass is 9.99. The maximum atomic E-state index is 13.6. The highest BCUT2D eigenvalue weighted by atomic mass is 32.1. The molecule has 4 N–H and O–H groups in total. The number of rotatable bonds is 6. The van der Waals surface area contributed by atoms with E-state index in [1.807, 2.05) is 65.0 Å². The van der Waals surface area contributed by atoms with Crippen LogP contribution in [0.5, 0.6) is 0 Å². The Balaban J connectivity index is 1.91. The van der Waals surface area contributed by atoms with Crippen molar-refractivity contribution in [2.24, 2.45) is 0 Å². The van der Waals surface area contributed by atoms with Crippen molar-refractivity contribution < 1.29 is 14.0 Å². The highest BCUT2D eigenvalue weighted by molar-refractivity contribution is 7.21. The number of nitrogen functional groups attached to an aromatic ring is 1. The number of carbonyl (C=O) groups excluding carboxylic acids is 2. The van der Waals surface area contributed by atoms with Crippen molar-refractivity contribution >= 4 is 44.7 Å². The molecule has 4 rings (SSSR count). The summed E-state index contributed by atoms with van der Waals surface area (Å²) in [7, 11) is 0. The number of nitrogens with zero attached hydrogens (tertiary/aromatic N) is 1. The highest BCUT2D eigenvalue weighted by Gasteiger charge is 2.28. The molecular formula is C27H30N4O3S. The molecule has 0 spiro atoms. The van der Waals surface area contributed by atoms with Crippen molar-refractivity contribution in [3.05, 3.63) is 63.4 Å². The Morgan fingerprint density at radius 1 is 1.11 bits per heavy atom. The first-order valence-electron chi connectivity index (χ1n) is 11.6. The number of pyridine rings is 1. The molecule has 0 fully saturated rings. The van der Waals surface area contributed by atoms with Crippen LogP contribution in [-0.2, 0) is 0 Å². The maximum absolute atomic E-state index is 13.6. The van der Waals surface area contributed by atoms with Gasteiger partial charge in [0.05, 0.1) is 16.9 Å². The van der Waals surface area contributed by atoms with E-state index in [-0.39, 0.29) is 17.9 Å². The number of aryl methyl sites for hydroxylation is 4. The van der Waals surface area contributed by atoms with Gasteiger partial charge in [-0.15, -0.1) is 11.3 Å². The van der Waals surface area contributed by atoms with E-state index in [9.17, 15) is 9.59 Å². The first-order chi connectivity index (χ1) is 16.6. The van der Waals surface area contributed by atoms with Crippen molar-refractivity contribution in [1.29, 1.82) is 0 Å². The third-order valence-electron chi connectivity index (χ3n) is 6.10. The fourth-order valence-corrected chi connectivity index (χ4v) is 5.11. The number of aromatic nitrogens is 1. The number of nitrogens with one attached hydrogen (secondary N) is 2. The van der Waals surface area contributed by atoms with Gasteiger partial charge in [-0.25, -0.2) is 4.98 Å². The molecular weight excluding hydrogens is 460 g/mol. The highest BCUT2D eigenvalue weighted by Crippen LogP contribution is 2.42. The molecule has 8 heteroatoms. The normalized spacial score (nSPS) is 12.1. The smallest absolute Gasteiger partial charge is 0.263 e. The van der Waals surface area contributed by atoms with E-state index in [1.54, 1.807) is 6.92 Å². The molecule has 3 aromatic heterocycles. The van der Waals surface area contributed by atoms with Crippen LogP contribution in [-0.4, -0.2) is 22.8 Å². The predicted octanol–water partition coefficient (Wildman–Crippen LogP) is 6.15. The lowest BCUT2D eigenvalue weighted by Crippen LogP contribution is -2.31. The second-order valence-electron chi connectivity index (χ2n) is 8.94. The number of carbonyl (C=O) groups is 2. The number of furan rings is 1. The summed E-state index contributed by atoms with van der Waals surface area (Å²) >= 11 is 1.22. The number of hydrogen-bond donors (Lipinski definition) is 3. The molecule has 3 heterocycles. The Morgan fingerprint density at radius 3 is 2.49 bits per heavy atom. The first-order valence-corrected chi connectivity index (χ1v) is 12.4. The van der Waals surface area contributed by atoms with Gasteiger partial charge >= 0.3 is 0 Å². The Hall–Kier alpha value is -3.65. The van der Waals surface area contributed by atoms with E-state index in [0.29, 0.717) is 54.8 Å². The van der Waals surface area contributed by atoms with Crippen molar-refractivity contribution in [3.63, 3.8) is 0 Å². The van der Waals surface area contributed by atoms with Gasteiger partial charge < -0.3 is 20.8 Å². The summed E-state index contributed by atoms with van der Waals surface area (Å²) < 4.78 is 5.96. The maximum Gasteiger partial charge on any atom is 0.263 e. The van der Waals surface area contributed by atoms with Crippen LogP contribution in [0.2, 0.25) is 0 Å². The van der Waals surface area contributed by atoms with E-state index >= 15 is 0 Å². The minimum absolute atomic E-state index is 0.00749. The summed E-state index contributed by atoms with van der Waals surface area (Å²) in [5.41, 5.74) is 11.1. The van der Waals surface area contributed by atoms with Crippen molar-refractivity contribution in [1.82, 2.24) is 10.3 Å². The molecule has 1 atom stereocenters. The lowest BCUT2D eigenvalue weighted by molar-refractivity contribution is 0.0943. The minimum atomic E-state index is -0.316. The molecule has 0 saturated heterocycles. The number of anilines is 2. The number of hydrogen-bond acceptors (Lipinski definition) is 6. The van der Waals surface area contributed by atoms with E-state index in [4.69, 9.17) is 10.2 Å². The van der Waals surface area contributed by atoms with Crippen LogP contribution < -0.4 is 16.4 Å². The van der Waals surface area contributed by atoms with Gasteiger partial charge in [0.2, 0.25) is 0 Å². The van der Waals surface area contributed by atoms with Gasteiger partial charge in [-0.2, -0.15) is 0 Å². The van der Waals surface area contributed by atoms with Crippen LogP contribution in [0.15, 0.2) is 34.7 Å². The van der Waals surface area contributed by atoms with Gasteiger partial charge in [-0.05, 0) is 64.8 Å². The van der Waals surface area contributed by atoms with Gasteiger partial charge in [-0.3, -0.25) is 9.59 Å². The predicted molar refractivity (Wildman–Crippen MR) is 142 cm³/mol. The SMILES string of the molecule is CCC(C)NC(=O)c1sc2nc(C)c(C(=O)Nc3ccc(C)cc3C)c(-c3ccc(C)o3)c2c1N. The number of benzene rings is 1. The second kappa shape index (κ2) is 9.54. The Labute approximate surface area is 208 Å². The summed E-state index contributed by atoms with van der Waals surface area (Å²) in [6.45, 7) is 11.5. The van der Waals surface area contributed by atoms with Crippen LogP contribution in [0.1, 0.15) is 62.9 Å². The first kappa shape index (κ1) is 24.5. The molecule has 182 valence electrons. The van der Waals surface area contributed by atoms with Gasteiger partial charge in [0, 0.05) is 22.7 Å². The molecule has 0 bridgehead atoms. The quantitative estimate of drug-likeness (QED) is 0.300. The third-order valence-corrected chi connectivity index (χ3v) is 7.20. The minimum Gasteiger partial charge on any atom is -0.461 e. The monoisotopic (exact) mass is 490 g/mol. The largest absolute Gasteiger partial charge is 0.461 e. The van der Waals surface area contributed by atoms with E-state index < -0.39 is 0 Å². The summed E-state index contributed by atoms with van der Waals surface area (Å²) in [6.07, 6.45) is 0.799. The molecule has 1 aromatic carbocycles. The van der Waals surface area contributed by atoms with Crippen LogP contribution in [0, 0.1) is 27.7 Å². The van der Waals surface area contributed by atoms with Gasteiger partial charge in [0.1, 0.15) is 21.2 Å². The zero-order valence-corrected chi connectivity index (χ0v) is 21.6. The number of nitrogens with two attached hydrogens (primary N) is 1. The molecule has 35 heavy (non-hydrogen) atoms. The van der Waals surface area contributed by atoms with Crippen LogP contribution in [0.4, 0.5) is 11.4 Å². The van der Waals surface area contributed by atoms with Crippen molar-refractivity contribution in [2.75, 3.05) is 11.1 Å². The van der Waals surface area contributed by atoms with E-state index in [1.165, 1.54) is 11.3 Å². The van der Waals surface area contributed by atoms with Crippen molar-refractivity contribution in [2.45, 2.75) is 54.0 Å². The zero-order chi connectivity index (χ0) is 25.4. The second-order valence-corrected chi connectivity index (χ2v) is 9.94. The molecule has 0 aliphatic carbocycles. The third kappa shape index (κ3) is 4.66. The van der Waals surface area contributed by atoms with Crippen LogP contribution >= 0.6 is 11.3 Å². The average Bonchev–Trinajstić information content (AvgIpc) is 3.37. The van der Waals surface area contributed by atoms with E-state index in [0.717, 1.165) is 17.5 Å². The van der Waals surface area contributed by atoms with Crippen LogP contribution in [0.25, 0.3) is 21.5 Å². The Kier molecular flexibility index (Phi) is 6.67. The van der Waals surface area contributed by atoms with Gasteiger partial charge in [0.25, 0.3) is 11.8 Å². The Morgan fingerprint density at radius 2 is 1.86 bits per heavy atom. The summed E-state index contributed by atoms with van der Waals surface area (Å²) in [5.74, 6) is 0.638. The average molecular weight is 491 g/mol. The molecule has 0 saturated carbocycles. The standard InChI is InChI=1S/C27H30N4O3S/c1-7-15(4)29-26(33)24-23(28)22-21(19-11-9-16(5)34-19)20(17(6)30-27(22)35-24)25(32)31-18-10-8-13(2)12-14(18)3/h8-12,15H,7,28H2,1-6H3,(H,29,33)(H,31,32).